The number of carbonyl (C=O) groups excluding carboxylic acids is 1. The highest BCUT2D eigenvalue weighted by atomic mass is 16.5. The van der Waals surface area contributed by atoms with E-state index in [1.165, 1.54) is 38.5 Å². The second-order valence-electron chi connectivity index (χ2n) is 11.8. The Balaban J connectivity index is 1.47. The van der Waals surface area contributed by atoms with Gasteiger partial charge in [-0.25, -0.2) is 0 Å². The van der Waals surface area contributed by atoms with Crippen LogP contribution in [0.5, 0.6) is 0 Å². The fourth-order valence-corrected chi connectivity index (χ4v) is 9.16. The number of hydrogen-bond acceptors (Lipinski definition) is 3. The molecule has 0 aromatic carbocycles. The highest BCUT2D eigenvalue weighted by molar-refractivity contribution is 6.12. The number of ether oxygens (including phenoxy) is 1. The predicted molar refractivity (Wildman–Crippen MR) is 121 cm³/mol. The van der Waals surface area contributed by atoms with E-state index >= 15 is 0 Å². The summed E-state index contributed by atoms with van der Waals surface area (Å²) in [6, 6.07) is 0. The molecule has 3 nitrogen and oxygen atoms in total. The molecule has 0 aromatic heterocycles. The number of esters is 1. The molecule has 4 heteroatoms. The average molecular weight is 414 g/mol. The molecule has 4 rings (SSSR count). The van der Waals surface area contributed by atoms with Crippen LogP contribution in [0.4, 0.5) is 0 Å². The van der Waals surface area contributed by atoms with Crippen LogP contribution in [0, 0.1) is 46.3 Å². The SMILES string of the molecule is [B][C@@H]1C(O)CC[C@]2(C)C3CC[C@@]4(C)C(CC[C@@H]4[C@H](C)CCC(=O)OCC)C3CC[C@H]12. The lowest BCUT2D eigenvalue weighted by molar-refractivity contribution is -0.144. The molecule has 0 aromatic rings. The Labute approximate surface area is 185 Å². The highest BCUT2D eigenvalue weighted by Crippen LogP contribution is 2.69. The van der Waals surface area contributed by atoms with Crippen molar-refractivity contribution in [1.29, 1.82) is 0 Å². The minimum Gasteiger partial charge on any atom is -0.466 e. The van der Waals surface area contributed by atoms with Gasteiger partial charge < -0.3 is 9.84 Å². The summed E-state index contributed by atoms with van der Waals surface area (Å²) < 4.78 is 5.17. The van der Waals surface area contributed by atoms with Crippen LogP contribution in [0.25, 0.3) is 0 Å². The van der Waals surface area contributed by atoms with Crippen LogP contribution in [0.1, 0.15) is 91.9 Å². The number of hydrogen-bond donors (Lipinski definition) is 1. The summed E-state index contributed by atoms with van der Waals surface area (Å²) >= 11 is 0. The molecule has 4 saturated carbocycles. The Hall–Kier alpha value is -0.505. The lowest BCUT2D eigenvalue weighted by Gasteiger charge is -2.62. The molecule has 0 heterocycles. The molecule has 4 aliphatic carbocycles. The topological polar surface area (TPSA) is 46.5 Å². The second kappa shape index (κ2) is 8.45. The van der Waals surface area contributed by atoms with Crippen LogP contribution in [0.2, 0.25) is 5.82 Å². The zero-order valence-electron chi connectivity index (χ0n) is 19.7. The monoisotopic (exact) mass is 414 g/mol. The fourth-order valence-electron chi connectivity index (χ4n) is 9.16. The molecule has 30 heavy (non-hydrogen) atoms. The smallest absolute Gasteiger partial charge is 0.305 e. The van der Waals surface area contributed by atoms with Crippen LogP contribution >= 0.6 is 0 Å². The van der Waals surface area contributed by atoms with E-state index in [0.717, 1.165) is 42.9 Å². The molecule has 0 bridgehead atoms. The number of fused-ring (bicyclic) bond motifs is 5. The van der Waals surface area contributed by atoms with Gasteiger partial charge in [0, 0.05) is 12.5 Å². The summed E-state index contributed by atoms with van der Waals surface area (Å²) in [6.45, 7) is 9.84. The predicted octanol–water partition coefficient (Wildman–Crippen LogP) is 5.55. The van der Waals surface area contributed by atoms with Crippen molar-refractivity contribution >= 4 is 13.8 Å². The maximum absolute atomic E-state index is 11.9. The Bertz CT molecular complexity index is 638. The molecular formula is C26H43BO3. The Morgan fingerprint density at radius 3 is 2.43 bits per heavy atom. The highest BCUT2D eigenvalue weighted by Gasteiger charge is 2.61. The molecule has 0 saturated heterocycles. The molecule has 10 atom stereocenters. The van der Waals surface area contributed by atoms with Crippen molar-refractivity contribution in [3.05, 3.63) is 0 Å². The Kier molecular flexibility index (Phi) is 6.39. The molecule has 0 amide bonds. The standard InChI is InChI=1S/C26H43BO3/c1-5-30-23(29)11-6-16(2)18-9-10-19-17-7-8-21-24(27)22(28)13-15-26(21,4)20(17)12-14-25(18,19)3/h16-22,24,28H,5-15H2,1-4H3/t16-,17?,18-,19?,20?,21-,22?,24+,25-,26-/m1/s1. The van der Waals surface area contributed by atoms with Gasteiger partial charge in [0.2, 0.25) is 0 Å². The summed E-state index contributed by atoms with van der Waals surface area (Å²) in [4.78, 5) is 11.9. The second-order valence-corrected chi connectivity index (χ2v) is 11.8. The molecular weight excluding hydrogens is 371 g/mol. The minimum atomic E-state index is -0.301. The first kappa shape index (κ1) is 22.7. The molecule has 168 valence electrons. The van der Waals surface area contributed by atoms with Gasteiger partial charge in [-0.15, -0.1) is 0 Å². The zero-order chi connectivity index (χ0) is 21.7. The van der Waals surface area contributed by atoms with Gasteiger partial charge in [-0.1, -0.05) is 20.8 Å². The van der Waals surface area contributed by atoms with Gasteiger partial charge >= 0.3 is 5.97 Å². The van der Waals surface area contributed by atoms with Crippen molar-refractivity contribution in [3.8, 4) is 0 Å². The van der Waals surface area contributed by atoms with E-state index in [2.05, 4.69) is 20.8 Å². The quantitative estimate of drug-likeness (QED) is 0.474. The fraction of sp³-hybridized carbons (Fsp3) is 0.962. The normalized spacial score (nSPS) is 48.9. The van der Waals surface area contributed by atoms with Crippen LogP contribution in [0.15, 0.2) is 0 Å². The maximum atomic E-state index is 11.9. The third kappa shape index (κ3) is 3.57. The zero-order valence-corrected chi connectivity index (χ0v) is 19.7. The largest absolute Gasteiger partial charge is 0.466 e. The summed E-state index contributed by atoms with van der Waals surface area (Å²) in [5.74, 6) is 4.19. The van der Waals surface area contributed by atoms with Crippen molar-refractivity contribution < 1.29 is 14.6 Å². The molecule has 4 unspecified atom stereocenters. The van der Waals surface area contributed by atoms with E-state index in [1.54, 1.807) is 0 Å². The van der Waals surface area contributed by atoms with Crippen molar-refractivity contribution in [3.63, 3.8) is 0 Å². The van der Waals surface area contributed by atoms with Gasteiger partial charge in [0.25, 0.3) is 0 Å². The van der Waals surface area contributed by atoms with Gasteiger partial charge in [-0.05, 0) is 117 Å². The minimum absolute atomic E-state index is 0.0303. The summed E-state index contributed by atoms with van der Waals surface area (Å²) in [7, 11) is 6.53. The lowest BCUT2D eigenvalue weighted by atomic mass is 9.41. The van der Waals surface area contributed by atoms with E-state index < -0.39 is 0 Å². The molecule has 0 aliphatic heterocycles. The third-order valence-corrected chi connectivity index (χ3v) is 10.7. The summed E-state index contributed by atoms with van der Waals surface area (Å²) in [5.41, 5.74) is 0.741. The number of aliphatic hydroxyl groups excluding tert-OH is 1. The van der Waals surface area contributed by atoms with Crippen LogP contribution in [0.3, 0.4) is 0 Å². The molecule has 2 radical (unpaired) electrons. The van der Waals surface area contributed by atoms with E-state index in [4.69, 9.17) is 12.6 Å². The molecule has 1 N–H and O–H groups in total. The van der Waals surface area contributed by atoms with Gasteiger partial charge in [0.05, 0.1) is 14.5 Å². The number of carbonyl (C=O) groups is 1. The van der Waals surface area contributed by atoms with E-state index in [0.29, 0.717) is 35.7 Å². The Morgan fingerprint density at radius 2 is 1.70 bits per heavy atom. The Morgan fingerprint density at radius 1 is 1.03 bits per heavy atom. The molecule has 4 aliphatic rings. The average Bonchev–Trinajstić information content (AvgIpc) is 3.07. The van der Waals surface area contributed by atoms with E-state index in [-0.39, 0.29) is 17.9 Å². The van der Waals surface area contributed by atoms with Gasteiger partial charge in [0.15, 0.2) is 0 Å². The maximum Gasteiger partial charge on any atom is 0.305 e. The van der Waals surface area contributed by atoms with Crippen LogP contribution in [-0.4, -0.2) is 31.6 Å². The first-order chi connectivity index (χ1) is 14.2. The number of rotatable bonds is 5. The van der Waals surface area contributed by atoms with Gasteiger partial charge in [0.1, 0.15) is 0 Å². The third-order valence-electron chi connectivity index (χ3n) is 10.7. The van der Waals surface area contributed by atoms with E-state index in [9.17, 15) is 9.90 Å². The first-order valence-electron chi connectivity index (χ1n) is 12.8. The molecule has 0 spiro atoms. The summed E-state index contributed by atoms with van der Waals surface area (Å²) in [6.07, 6.45) is 11.1. The van der Waals surface area contributed by atoms with Crippen molar-refractivity contribution in [2.45, 2.75) is 104 Å². The van der Waals surface area contributed by atoms with Gasteiger partial charge in [-0.2, -0.15) is 0 Å². The van der Waals surface area contributed by atoms with Crippen molar-refractivity contribution in [2.75, 3.05) is 6.61 Å². The van der Waals surface area contributed by atoms with Crippen molar-refractivity contribution in [2.24, 2.45) is 46.3 Å². The number of aliphatic hydroxyl groups is 1. The lowest BCUT2D eigenvalue weighted by Crippen LogP contribution is -2.55. The first-order valence-corrected chi connectivity index (χ1v) is 12.8. The molecule has 4 fully saturated rings. The summed E-state index contributed by atoms with van der Waals surface area (Å²) in [5, 5.41) is 10.4. The van der Waals surface area contributed by atoms with Crippen LogP contribution in [-0.2, 0) is 9.53 Å². The van der Waals surface area contributed by atoms with Gasteiger partial charge in [-0.3, -0.25) is 4.79 Å². The van der Waals surface area contributed by atoms with E-state index in [1.807, 2.05) is 6.92 Å². The van der Waals surface area contributed by atoms with Crippen molar-refractivity contribution in [1.82, 2.24) is 0 Å². The van der Waals surface area contributed by atoms with Crippen LogP contribution < -0.4 is 0 Å².